The number of anilines is 2. The lowest BCUT2D eigenvalue weighted by Crippen LogP contribution is -2.35. The average molecular weight is 454 g/mol. The Balaban J connectivity index is 1.99. The highest BCUT2D eigenvalue weighted by Crippen LogP contribution is 2.31. The fourth-order valence-electron chi connectivity index (χ4n) is 2.46. The minimum Gasteiger partial charge on any atom is -0.489 e. The van der Waals surface area contributed by atoms with Crippen LogP contribution in [0.25, 0.3) is 0 Å². The van der Waals surface area contributed by atoms with Crippen LogP contribution in [0, 0.1) is 0 Å². The van der Waals surface area contributed by atoms with Gasteiger partial charge in [-0.1, -0.05) is 29.3 Å². The van der Waals surface area contributed by atoms with E-state index >= 15 is 0 Å². The van der Waals surface area contributed by atoms with E-state index in [9.17, 15) is 19.5 Å². The molecule has 1 atom stereocenters. The van der Waals surface area contributed by atoms with Crippen molar-refractivity contribution in [2.45, 2.75) is 20.0 Å². The maximum absolute atomic E-state index is 12.5. The quantitative estimate of drug-likeness (QED) is 0.489. The predicted octanol–water partition coefficient (Wildman–Crippen LogP) is 3.08. The predicted molar refractivity (Wildman–Crippen MR) is 115 cm³/mol. The fourth-order valence-corrected chi connectivity index (χ4v) is 2.81. The number of hydrogen-bond donors (Lipinski definition) is 4. The molecule has 2 aromatic rings. The zero-order chi connectivity index (χ0) is 22.3. The van der Waals surface area contributed by atoms with Crippen LogP contribution in [0.5, 0.6) is 5.75 Å². The number of ether oxygens (including phenoxy) is 1. The Kier molecular flexibility index (Phi) is 8.46. The number of amides is 3. The van der Waals surface area contributed by atoms with Gasteiger partial charge < -0.3 is 25.8 Å². The molecule has 0 saturated heterocycles. The number of carbonyl (C=O) groups excluding carboxylic acids is 3. The highest BCUT2D eigenvalue weighted by molar-refractivity contribution is 6.42. The molecule has 1 unspecified atom stereocenters. The lowest BCUT2D eigenvalue weighted by Gasteiger charge is -2.15. The number of aliphatic hydroxyl groups is 1. The second-order valence-electron chi connectivity index (χ2n) is 6.39. The van der Waals surface area contributed by atoms with Gasteiger partial charge in [-0.2, -0.15) is 0 Å². The van der Waals surface area contributed by atoms with Crippen molar-refractivity contribution in [1.82, 2.24) is 5.32 Å². The summed E-state index contributed by atoms with van der Waals surface area (Å²) >= 11 is 11.9. The van der Waals surface area contributed by atoms with E-state index in [1.54, 1.807) is 18.2 Å². The molecule has 160 valence electrons. The molecule has 0 spiro atoms. The first-order valence-electron chi connectivity index (χ1n) is 8.89. The molecular weight excluding hydrogens is 433 g/mol. The average Bonchev–Trinajstić information content (AvgIpc) is 2.66. The van der Waals surface area contributed by atoms with Crippen LogP contribution in [0.2, 0.25) is 10.0 Å². The molecule has 0 aliphatic heterocycles. The Labute approximate surface area is 183 Å². The minimum atomic E-state index is -1.02. The number of aliphatic hydroxyl groups excluding tert-OH is 1. The van der Waals surface area contributed by atoms with Crippen LogP contribution in [0.1, 0.15) is 24.2 Å². The number of hydrogen-bond acceptors (Lipinski definition) is 5. The van der Waals surface area contributed by atoms with Gasteiger partial charge in [0.05, 0.1) is 5.02 Å². The van der Waals surface area contributed by atoms with E-state index in [1.165, 1.54) is 32.0 Å². The number of rotatable bonds is 8. The highest BCUT2D eigenvalue weighted by atomic mass is 35.5. The van der Waals surface area contributed by atoms with Crippen molar-refractivity contribution in [3.05, 3.63) is 52.0 Å². The molecule has 2 rings (SSSR count). The number of nitrogens with one attached hydrogen (secondary N) is 3. The van der Waals surface area contributed by atoms with E-state index in [2.05, 4.69) is 16.0 Å². The van der Waals surface area contributed by atoms with E-state index in [0.29, 0.717) is 22.1 Å². The Hall–Kier alpha value is -2.81. The molecule has 4 N–H and O–H groups in total. The Bertz CT molecular complexity index is 918. The summed E-state index contributed by atoms with van der Waals surface area (Å²) in [5, 5.41) is 18.3. The molecule has 3 amide bonds. The first-order chi connectivity index (χ1) is 14.2. The lowest BCUT2D eigenvalue weighted by atomic mass is 10.1. The van der Waals surface area contributed by atoms with Crippen LogP contribution in [-0.4, -0.2) is 42.1 Å². The number of carbonyl (C=O) groups is 3. The Morgan fingerprint density at radius 1 is 1.03 bits per heavy atom. The normalized spacial score (nSPS) is 11.4. The summed E-state index contributed by atoms with van der Waals surface area (Å²) in [5.41, 5.74) is 0.882. The van der Waals surface area contributed by atoms with Gasteiger partial charge in [-0.3, -0.25) is 14.4 Å². The summed E-state index contributed by atoms with van der Waals surface area (Å²) in [6, 6.07) is 9.31. The van der Waals surface area contributed by atoms with Crippen molar-refractivity contribution in [2.24, 2.45) is 0 Å². The van der Waals surface area contributed by atoms with Crippen LogP contribution in [0.4, 0.5) is 11.4 Å². The van der Waals surface area contributed by atoms with Gasteiger partial charge in [0.25, 0.3) is 5.91 Å². The molecule has 0 aromatic heterocycles. The third kappa shape index (κ3) is 7.22. The standard InChI is InChI=1S/C20H21Cl2N3O5/c1-11(26)24-14-6-13(7-15(8-14)25-12(2)27)20(29)23-9-16(28)10-30-18-5-3-4-17(21)19(18)22/h3-8,16,28H,9-10H2,1-2H3,(H,23,29)(H,24,26)(H,25,27). The monoisotopic (exact) mass is 453 g/mol. The van der Waals surface area contributed by atoms with Crippen molar-refractivity contribution < 1.29 is 24.2 Å². The molecule has 0 aliphatic rings. The molecule has 30 heavy (non-hydrogen) atoms. The summed E-state index contributed by atoms with van der Waals surface area (Å²) < 4.78 is 5.43. The minimum absolute atomic E-state index is 0.100. The first kappa shape index (κ1) is 23.5. The first-order valence-corrected chi connectivity index (χ1v) is 9.64. The largest absolute Gasteiger partial charge is 0.489 e. The molecule has 8 nitrogen and oxygen atoms in total. The van der Waals surface area contributed by atoms with Crippen LogP contribution in [-0.2, 0) is 9.59 Å². The molecule has 0 aliphatic carbocycles. The van der Waals surface area contributed by atoms with Crippen LogP contribution >= 0.6 is 23.2 Å². The molecule has 0 radical (unpaired) electrons. The van der Waals surface area contributed by atoms with Gasteiger partial charge in [-0.15, -0.1) is 0 Å². The molecule has 10 heteroatoms. The zero-order valence-corrected chi connectivity index (χ0v) is 17.8. The lowest BCUT2D eigenvalue weighted by molar-refractivity contribution is -0.115. The number of benzene rings is 2. The van der Waals surface area contributed by atoms with Crippen molar-refractivity contribution >= 4 is 52.3 Å². The fraction of sp³-hybridized carbons (Fsp3) is 0.250. The van der Waals surface area contributed by atoms with Gasteiger partial charge >= 0.3 is 0 Å². The van der Waals surface area contributed by atoms with Crippen molar-refractivity contribution in [1.29, 1.82) is 0 Å². The van der Waals surface area contributed by atoms with Gasteiger partial charge in [-0.25, -0.2) is 0 Å². The molecular formula is C20H21Cl2N3O5. The van der Waals surface area contributed by atoms with Crippen LogP contribution in [0.15, 0.2) is 36.4 Å². The van der Waals surface area contributed by atoms with Gasteiger partial charge in [-0.05, 0) is 30.3 Å². The van der Waals surface area contributed by atoms with Crippen LogP contribution in [0.3, 0.4) is 0 Å². The summed E-state index contributed by atoms with van der Waals surface area (Å²) in [7, 11) is 0. The molecule has 2 aromatic carbocycles. The maximum atomic E-state index is 12.5. The van der Waals surface area contributed by atoms with Gasteiger partial charge in [0.2, 0.25) is 11.8 Å². The second-order valence-corrected chi connectivity index (χ2v) is 7.17. The van der Waals surface area contributed by atoms with Gasteiger partial charge in [0.1, 0.15) is 23.5 Å². The topological polar surface area (TPSA) is 117 Å². The van der Waals surface area contributed by atoms with E-state index in [4.69, 9.17) is 27.9 Å². The molecule has 0 fully saturated rings. The molecule has 0 saturated carbocycles. The Morgan fingerprint density at radius 2 is 1.63 bits per heavy atom. The highest BCUT2D eigenvalue weighted by Gasteiger charge is 2.14. The SMILES string of the molecule is CC(=O)Nc1cc(NC(C)=O)cc(C(=O)NCC(O)COc2cccc(Cl)c2Cl)c1. The Morgan fingerprint density at radius 3 is 2.20 bits per heavy atom. The van der Waals surface area contributed by atoms with E-state index in [1.807, 2.05) is 0 Å². The maximum Gasteiger partial charge on any atom is 0.251 e. The van der Waals surface area contributed by atoms with Gasteiger partial charge in [0, 0.05) is 37.3 Å². The van der Waals surface area contributed by atoms with E-state index in [0.717, 1.165) is 0 Å². The van der Waals surface area contributed by atoms with Crippen molar-refractivity contribution in [3.63, 3.8) is 0 Å². The zero-order valence-electron chi connectivity index (χ0n) is 16.3. The third-order valence-electron chi connectivity index (χ3n) is 3.68. The summed E-state index contributed by atoms with van der Waals surface area (Å²) in [5.74, 6) is -0.840. The van der Waals surface area contributed by atoms with Gasteiger partial charge in [0.15, 0.2) is 0 Å². The van der Waals surface area contributed by atoms with E-state index < -0.39 is 12.0 Å². The summed E-state index contributed by atoms with van der Waals surface area (Å²) in [6.07, 6.45) is -1.02. The van der Waals surface area contributed by atoms with Crippen molar-refractivity contribution in [3.8, 4) is 5.75 Å². The second kappa shape index (κ2) is 10.8. The smallest absolute Gasteiger partial charge is 0.251 e. The summed E-state index contributed by atoms with van der Waals surface area (Å²) in [6.45, 7) is 2.43. The van der Waals surface area contributed by atoms with Crippen LogP contribution < -0.4 is 20.7 Å². The molecule has 0 bridgehead atoms. The van der Waals surface area contributed by atoms with Crippen molar-refractivity contribution in [2.75, 3.05) is 23.8 Å². The summed E-state index contributed by atoms with van der Waals surface area (Å²) in [4.78, 5) is 35.1. The molecule has 0 heterocycles. The van der Waals surface area contributed by atoms with E-state index in [-0.39, 0.29) is 35.6 Å². The number of halogens is 2. The third-order valence-corrected chi connectivity index (χ3v) is 4.48.